The Bertz CT molecular complexity index is 1720. The van der Waals surface area contributed by atoms with Crippen LogP contribution in [0.2, 0.25) is 0 Å². The molecular formula is C35H45FN4O5. The molecule has 3 aromatic carbocycles. The number of methoxy groups -OCH3 is 2. The van der Waals surface area contributed by atoms with E-state index in [0.717, 1.165) is 6.07 Å². The molecule has 0 saturated carbocycles. The van der Waals surface area contributed by atoms with Crippen molar-refractivity contribution < 1.29 is 23.4 Å². The van der Waals surface area contributed by atoms with Gasteiger partial charge in [-0.15, -0.1) is 0 Å². The summed E-state index contributed by atoms with van der Waals surface area (Å²) in [6.07, 6.45) is 1.56. The number of anilines is 1. The Kier molecular flexibility index (Phi) is 15.8. The van der Waals surface area contributed by atoms with Gasteiger partial charge in [-0.1, -0.05) is 53.3 Å². The van der Waals surface area contributed by atoms with Crippen molar-refractivity contribution >= 4 is 22.5 Å². The molecule has 10 heteroatoms. The largest absolute Gasteiger partial charge is 0.497 e. The molecule has 2 heterocycles. The van der Waals surface area contributed by atoms with E-state index in [-0.39, 0.29) is 24.4 Å². The highest BCUT2D eigenvalue weighted by atomic mass is 19.1. The first-order valence-corrected chi connectivity index (χ1v) is 14.2. The summed E-state index contributed by atoms with van der Waals surface area (Å²) >= 11 is 0. The number of pyridine rings is 1. The van der Waals surface area contributed by atoms with Gasteiger partial charge in [0.15, 0.2) is 11.6 Å². The van der Waals surface area contributed by atoms with Gasteiger partial charge in [0.05, 0.1) is 24.0 Å². The molecule has 0 aliphatic rings. The maximum absolute atomic E-state index is 15.0. The van der Waals surface area contributed by atoms with E-state index in [0.29, 0.717) is 33.8 Å². The Morgan fingerprint density at radius 1 is 0.889 bits per heavy atom. The second kappa shape index (κ2) is 18.6. The summed E-state index contributed by atoms with van der Waals surface area (Å²) in [6.45, 7) is 9.68. The molecule has 0 aliphatic carbocycles. The second-order valence-corrected chi connectivity index (χ2v) is 8.74. The molecule has 0 atom stereocenters. The average molecular weight is 621 g/mol. The van der Waals surface area contributed by atoms with Gasteiger partial charge in [-0.25, -0.2) is 9.07 Å². The summed E-state index contributed by atoms with van der Waals surface area (Å²) in [6, 6.07) is 20.0. The van der Waals surface area contributed by atoms with Gasteiger partial charge >= 0.3 is 0 Å². The second-order valence-electron chi connectivity index (χ2n) is 8.74. The quantitative estimate of drug-likeness (QED) is 0.206. The predicted molar refractivity (Wildman–Crippen MR) is 181 cm³/mol. The van der Waals surface area contributed by atoms with Gasteiger partial charge in [0, 0.05) is 50.7 Å². The molecule has 0 bridgehead atoms. The summed E-state index contributed by atoms with van der Waals surface area (Å²) in [4.78, 5) is 30.4. The van der Waals surface area contributed by atoms with E-state index in [1.807, 2.05) is 45.9 Å². The van der Waals surface area contributed by atoms with Crippen molar-refractivity contribution in [2.75, 3.05) is 26.6 Å². The molecular weight excluding hydrogens is 575 g/mol. The number of nitrogens with zero attached hydrogens (tertiary/aromatic N) is 3. The number of para-hydroxylation sites is 1. The fraction of sp³-hybridized carbons (Fsp3) is 0.286. The number of nitrogens with one attached hydrogen (secondary N) is 1. The Hall–Kier alpha value is -4.96. The molecule has 0 radical (unpaired) electrons. The van der Waals surface area contributed by atoms with E-state index in [4.69, 9.17) is 9.47 Å². The number of ether oxygens (including phenoxy) is 3. The van der Waals surface area contributed by atoms with Crippen LogP contribution in [-0.4, -0.2) is 41.6 Å². The Morgan fingerprint density at radius 2 is 1.53 bits per heavy atom. The Labute approximate surface area is 265 Å². The maximum atomic E-state index is 15.0. The molecule has 5 aromatic rings. The van der Waals surface area contributed by atoms with Crippen molar-refractivity contribution in [1.29, 1.82) is 0 Å². The lowest BCUT2D eigenvalue weighted by Crippen LogP contribution is -2.25. The van der Waals surface area contributed by atoms with Crippen LogP contribution >= 0.6 is 0 Å². The summed E-state index contributed by atoms with van der Waals surface area (Å²) in [5.74, 6) is -0.265. The number of carbonyl (C=O) groups is 1. The Morgan fingerprint density at radius 3 is 2.13 bits per heavy atom. The number of carbonyl (C=O) groups excluding carboxylic acids is 1. The number of hydrogen-bond acceptors (Lipinski definition) is 6. The topological polar surface area (TPSA) is 96.6 Å². The summed E-state index contributed by atoms with van der Waals surface area (Å²) < 4.78 is 33.3. The summed E-state index contributed by atoms with van der Waals surface area (Å²) in [7, 11) is 6.51. The lowest BCUT2D eigenvalue weighted by molar-refractivity contribution is 0.102. The van der Waals surface area contributed by atoms with Crippen molar-refractivity contribution in [1.82, 2.24) is 14.3 Å². The van der Waals surface area contributed by atoms with Crippen molar-refractivity contribution in [3.63, 3.8) is 0 Å². The molecule has 2 aromatic heterocycles. The number of hydrogen-bond donors (Lipinski definition) is 1. The molecule has 0 spiro atoms. The molecule has 0 aliphatic heterocycles. The number of fused-ring (bicyclic) bond motifs is 1. The van der Waals surface area contributed by atoms with Crippen LogP contribution in [0.4, 0.5) is 10.1 Å². The highest BCUT2D eigenvalue weighted by molar-refractivity contribution is 6.05. The van der Waals surface area contributed by atoms with Gasteiger partial charge in [-0.3, -0.25) is 19.3 Å². The van der Waals surface area contributed by atoms with Crippen LogP contribution < -0.4 is 20.3 Å². The SMILES string of the molecule is C.CC.CC.COC.COc1ccc2c(Oc3ccc(NC(=O)c4c(C)n(C)n(-c5ccccc5)c4=O)cc3F)ccnc2c1. The fourth-order valence-corrected chi connectivity index (χ4v) is 4.12. The van der Waals surface area contributed by atoms with E-state index in [2.05, 4.69) is 15.0 Å². The number of halogens is 1. The molecule has 0 saturated heterocycles. The van der Waals surface area contributed by atoms with Crippen molar-refractivity contribution in [3.8, 4) is 22.9 Å². The third kappa shape index (κ3) is 9.02. The number of benzene rings is 3. The van der Waals surface area contributed by atoms with E-state index >= 15 is 0 Å². The lowest BCUT2D eigenvalue weighted by atomic mass is 10.2. The predicted octanol–water partition coefficient (Wildman–Crippen LogP) is 8.18. The van der Waals surface area contributed by atoms with Crippen molar-refractivity contribution in [3.05, 3.63) is 106 Å². The van der Waals surface area contributed by atoms with E-state index in [9.17, 15) is 14.0 Å². The van der Waals surface area contributed by atoms with Crippen LogP contribution in [0.15, 0.2) is 83.8 Å². The van der Waals surface area contributed by atoms with Crippen LogP contribution in [0.1, 0.15) is 51.2 Å². The van der Waals surface area contributed by atoms with Crippen LogP contribution in [-0.2, 0) is 11.8 Å². The first-order chi connectivity index (χ1) is 21.3. The summed E-state index contributed by atoms with van der Waals surface area (Å²) in [5, 5.41) is 3.31. The zero-order valence-corrected chi connectivity index (χ0v) is 26.8. The van der Waals surface area contributed by atoms with E-state index in [1.54, 1.807) is 82.6 Å². The molecule has 5 rings (SSSR count). The molecule has 1 amide bonds. The molecule has 0 fully saturated rings. The van der Waals surface area contributed by atoms with Gasteiger partial charge in [0.2, 0.25) is 0 Å². The van der Waals surface area contributed by atoms with E-state index in [1.165, 1.54) is 16.8 Å². The maximum Gasteiger partial charge on any atom is 0.284 e. The minimum atomic E-state index is -0.678. The fourth-order valence-electron chi connectivity index (χ4n) is 4.12. The third-order valence-corrected chi connectivity index (χ3v) is 6.10. The minimum Gasteiger partial charge on any atom is -0.497 e. The van der Waals surface area contributed by atoms with Gasteiger partial charge in [0.1, 0.15) is 17.1 Å². The zero-order valence-electron chi connectivity index (χ0n) is 26.8. The zero-order chi connectivity index (χ0) is 32.8. The first-order valence-electron chi connectivity index (χ1n) is 14.2. The van der Waals surface area contributed by atoms with Crippen LogP contribution in [0.3, 0.4) is 0 Å². The monoisotopic (exact) mass is 620 g/mol. The highest BCUT2D eigenvalue weighted by Crippen LogP contribution is 2.32. The Balaban J connectivity index is 0.00000117. The van der Waals surface area contributed by atoms with E-state index < -0.39 is 17.3 Å². The van der Waals surface area contributed by atoms with Crippen LogP contribution in [0, 0.1) is 12.7 Å². The minimum absolute atomic E-state index is 0. The molecule has 0 unspecified atom stereocenters. The normalized spacial score (nSPS) is 9.64. The third-order valence-electron chi connectivity index (χ3n) is 6.10. The average Bonchev–Trinajstić information content (AvgIpc) is 3.27. The van der Waals surface area contributed by atoms with Crippen molar-refractivity contribution in [2.45, 2.75) is 42.0 Å². The molecule has 242 valence electrons. The van der Waals surface area contributed by atoms with Gasteiger partial charge in [0.25, 0.3) is 11.5 Å². The lowest BCUT2D eigenvalue weighted by Gasteiger charge is -2.11. The van der Waals surface area contributed by atoms with Crippen molar-refractivity contribution in [2.24, 2.45) is 7.05 Å². The van der Waals surface area contributed by atoms with Gasteiger partial charge in [-0.05, 0) is 49.4 Å². The van der Waals surface area contributed by atoms with Crippen LogP contribution in [0.25, 0.3) is 16.6 Å². The molecule has 45 heavy (non-hydrogen) atoms. The highest BCUT2D eigenvalue weighted by Gasteiger charge is 2.22. The van der Waals surface area contributed by atoms with Gasteiger partial charge in [-0.2, -0.15) is 0 Å². The molecule has 9 nitrogen and oxygen atoms in total. The smallest absolute Gasteiger partial charge is 0.284 e. The number of rotatable bonds is 6. The van der Waals surface area contributed by atoms with Crippen LogP contribution in [0.5, 0.6) is 17.2 Å². The number of amides is 1. The molecule has 1 N–H and O–H groups in total. The van der Waals surface area contributed by atoms with Gasteiger partial charge < -0.3 is 19.5 Å². The summed E-state index contributed by atoms with van der Waals surface area (Å²) in [5.41, 5.74) is 1.45. The number of aromatic nitrogens is 3. The standard InChI is InChI=1S/C28H23FN4O4.C2H6O.2C2H6.CH4/c1-17-26(28(35)33(32(17)2)19-7-5-4-6-8-19)27(34)31-18-9-12-25(22(29)15-18)37-24-13-14-30-23-16-20(36-3)10-11-21(23)24;1-3-2;2*1-2;/h4-16H,1-3H3,(H,31,34);1-2H3;2*1-2H3;1H4. The first kappa shape index (κ1) is 38.1.